The smallest absolute Gasteiger partial charge is 0.295 e. The summed E-state index contributed by atoms with van der Waals surface area (Å²) >= 11 is 0. The minimum atomic E-state index is -0.845. The Labute approximate surface area is 187 Å². The minimum Gasteiger partial charge on any atom is -0.507 e. The molecule has 0 spiro atoms. The van der Waals surface area contributed by atoms with Crippen molar-refractivity contribution >= 4 is 17.4 Å². The van der Waals surface area contributed by atoms with Gasteiger partial charge in [-0.25, -0.2) is 4.39 Å². The van der Waals surface area contributed by atoms with E-state index < -0.39 is 23.5 Å². The van der Waals surface area contributed by atoms with Crippen LogP contribution in [0.3, 0.4) is 0 Å². The first kappa shape index (κ1) is 23.5. The summed E-state index contributed by atoms with van der Waals surface area (Å²) in [5.41, 5.74) is 1.68. The number of aryl methyl sites for hydroxylation is 1. The van der Waals surface area contributed by atoms with E-state index in [0.29, 0.717) is 29.4 Å². The monoisotopic (exact) mass is 441 g/mol. The van der Waals surface area contributed by atoms with E-state index >= 15 is 0 Å². The third-order valence-corrected chi connectivity index (χ3v) is 5.28. The van der Waals surface area contributed by atoms with Crippen LogP contribution < -0.4 is 4.74 Å². The van der Waals surface area contributed by atoms with Gasteiger partial charge in [0.05, 0.1) is 24.8 Å². The lowest BCUT2D eigenvalue weighted by Gasteiger charge is -2.25. The lowest BCUT2D eigenvalue weighted by atomic mass is 9.94. The highest BCUT2D eigenvalue weighted by Crippen LogP contribution is 2.39. The Bertz CT molecular complexity index is 1030. The van der Waals surface area contributed by atoms with E-state index in [0.717, 1.165) is 5.56 Å². The molecule has 1 aliphatic heterocycles. The van der Waals surface area contributed by atoms with Gasteiger partial charge in [-0.2, -0.15) is 0 Å². The third kappa shape index (κ3) is 4.83. The number of Topliss-reactive ketones (excluding diaryl/α,β-unsaturated/α-hetero) is 1. The number of aliphatic hydroxyl groups excluding tert-OH is 1. The van der Waals surface area contributed by atoms with Crippen molar-refractivity contribution in [3.8, 4) is 5.75 Å². The van der Waals surface area contributed by atoms with E-state index in [4.69, 9.17) is 9.47 Å². The standard InChI is InChI=1S/C25H28FNO5/c1-15(2)14-32-20-10-7-18(13-16(20)3)23(28)21-22(17-5-8-19(26)9-6-17)27(11-12-31-4)25(30)24(21)29/h5-10,13,15,22,28H,11-12,14H2,1-4H3/t22-/m0/s1. The molecule has 1 N–H and O–H groups in total. The molecule has 1 atom stereocenters. The maximum Gasteiger partial charge on any atom is 0.295 e. The maximum absolute atomic E-state index is 13.5. The fourth-order valence-corrected chi connectivity index (χ4v) is 3.66. The number of nitrogens with zero attached hydrogens (tertiary/aromatic N) is 1. The van der Waals surface area contributed by atoms with E-state index in [1.54, 1.807) is 18.2 Å². The molecule has 1 heterocycles. The van der Waals surface area contributed by atoms with Crippen molar-refractivity contribution in [1.29, 1.82) is 0 Å². The van der Waals surface area contributed by atoms with Crippen LogP contribution in [0.5, 0.6) is 5.75 Å². The van der Waals surface area contributed by atoms with Gasteiger partial charge in [-0.1, -0.05) is 26.0 Å². The summed E-state index contributed by atoms with van der Waals surface area (Å²) in [7, 11) is 1.50. The van der Waals surface area contributed by atoms with Gasteiger partial charge in [0.15, 0.2) is 0 Å². The molecule has 2 aromatic carbocycles. The zero-order valence-electron chi connectivity index (χ0n) is 18.7. The van der Waals surface area contributed by atoms with E-state index in [2.05, 4.69) is 0 Å². The number of likely N-dealkylation sites (tertiary alicyclic amines) is 1. The third-order valence-electron chi connectivity index (χ3n) is 5.28. The minimum absolute atomic E-state index is 0.0343. The predicted molar refractivity (Wildman–Crippen MR) is 119 cm³/mol. The number of benzene rings is 2. The number of amides is 1. The number of ether oxygens (including phenoxy) is 2. The van der Waals surface area contributed by atoms with Crippen molar-refractivity contribution < 1.29 is 28.6 Å². The van der Waals surface area contributed by atoms with Crippen molar-refractivity contribution in [2.24, 2.45) is 5.92 Å². The maximum atomic E-state index is 13.5. The first-order chi connectivity index (χ1) is 15.2. The van der Waals surface area contributed by atoms with Crippen LogP contribution in [0.15, 0.2) is 48.0 Å². The summed E-state index contributed by atoms with van der Waals surface area (Å²) in [5.74, 6) is -1.18. The Morgan fingerprint density at radius 1 is 1.16 bits per heavy atom. The highest BCUT2D eigenvalue weighted by molar-refractivity contribution is 6.46. The Hall–Kier alpha value is -3.19. The molecule has 0 bridgehead atoms. The first-order valence-corrected chi connectivity index (χ1v) is 10.5. The molecular formula is C25H28FNO5. The molecule has 6 nitrogen and oxygen atoms in total. The number of hydrogen-bond donors (Lipinski definition) is 1. The van der Waals surface area contributed by atoms with Crippen LogP contribution in [-0.4, -0.2) is 48.6 Å². The molecule has 1 amide bonds. The molecule has 2 aromatic rings. The van der Waals surface area contributed by atoms with E-state index in [1.807, 2.05) is 20.8 Å². The summed E-state index contributed by atoms with van der Waals surface area (Å²) in [6, 6.07) is 9.80. The van der Waals surface area contributed by atoms with Crippen LogP contribution in [0.4, 0.5) is 4.39 Å². The van der Waals surface area contributed by atoms with E-state index in [-0.39, 0.29) is 24.5 Å². The average molecular weight is 441 g/mol. The Balaban J connectivity index is 2.06. The van der Waals surface area contributed by atoms with Gasteiger partial charge >= 0.3 is 0 Å². The predicted octanol–water partition coefficient (Wildman–Crippen LogP) is 4.24. The SMILES string of the molecule is COCCN1C(=O)C(=O)C(=C(O)c2ccc(OCC(C)C)c(C)c2)[C@@H]1c1ccc(F)cc1. The van der Waals surface area contributed by atoms with Crippen LogP contribution in [0.1, 0.15) is 36.6 Å². The van der Waals surface area contributed by atoms with Crippen molar-refractivity contribution in [1.82, 2.24) is 4.90 Å². The van der Waals surface area contributed by atoms with Crippen LogP contribution in [0.25, 0.3) is 5.76 Å². The fraction of sp³-hybridized carbons (Fsp3) is 0.360. The van der Waals surface area contributed by atoms with Crippen LogP contribution in [-0.2, 0) is 14.3 Å². The van der Waals surface area contributed by atoms with E-state index in [1.165, 1.54) is 36.3 Å². The zero-order chi connectivity index (χ0) is 23.4. The molecule has 170 valence electrons. The molecule has 0 radical (unpaired) electrons. The normalized spacial score (nSPS) is 17.9. The van der Waals surface area contributed by atoms with Gasteiger partial charge in [-0.15, -0.1) is 0 Å². The largest absolute Gasteiger partial charge is 0.507 e. The second-order valence-electron chi connectivity index (χ2n) is 8.22. The van der Waals surface area contributed by atoms with E-state index in [9.17, 15) is 19.1 Å². The van der Waals surface area contributed by atoms with Crippen molar-refractivity contribution in [2.75, 3.05) is 26.9 Å². The number of halogens is 1. The quantitative estimate of drug-likeness (QED) is 0.377. The number of rotatable bonds is 8. The molecule has 0 aromatic heterocycles. The van der Waals surface area contributed by atoms with Gasteiger partial charge in [0, 0.05) is 19.2 Å². The van der Waals surface area contributed by atoms with Gasteiger partial charge < -0.3 is 19.5 Å². The van der Waals surface area contributed by atoms with Crippen molar-refractivity contribution in [3.05, 3.63) is 70.5 Å². The van der Waals surface area contributed by atoms with Gasteiger partial charge in [-0.3, -0.25) is 9.59 Å². The molecular weight excluding hydrogens is 413 g/mol. The van der Waals surface area contributed by atoms with Gasteiger partial charge in [-0.05, 0) is 54.3 Å². The van der Waals surface area contributed by atoms with Crippen molar-refractivity contribution in [2.45, 2.75) is 26.8 Å². The molecule has 0 aliphatic carbocycles. The van der Waals surface area contributed by atoms with Crippen LogP contribution in [0.2, 0.25) is 0 Å². The summed E-state index contributed by atoms with van der Waals surface area (Å²) in [6.45, 7) is 6.87. The highest BCUT2D eigenvalue weighted by atomic mass is 19.1. The molecule has 3 rings (SSSR count). The number of ketones is 1. The Kier molecular flexibility index (Phi) is 7.30. The van der Waals surface area contributed by atoms with Crippen molar-refractivity contribution in [3.63, 3.8) is 0 Å². The van der Waals surface area contributed by atoms with Gasteiger partial charge in [0.1, 0.15) is 17.3 Å². The van der Waals surface area contributed by atoms with Crippen LogP contribution >= 0.6 is 0 Å². The zero-order valence-corrected chi connectivity index (χ0v) is 18.7. The lowest BCUT2D eigenvalue weighted by Crippen LogP contribution is -2.32. The number of carbonyl (C=O) groups excluding carboxylic acids is 2. The van der Waals surface area contributed by atoms with Crippen LogP contribution in [0, 0.1) is 18.7 Å². The Morgan fingerprint density at radius 2 is 1.84 bits per heavy atom. The Morgan fingerprint density at radius 3 is 2.44 bits per heavy atom. The second-order valence-corrected chi connectivity index (χ2v) is 8.22. The number of aliphatic hydroxyl groups is 1. The molecule has 1 aliphatic rings. The summed E-state index contributed by atoms with van der Waals surface area (Å²) in [6.07, 6.45) is 0. The summed E-state index contributed by atoms with van der Waals surface area (Å²) in [5, 5.41) is 11.1. The molecule has 1 saturated heterocycles. The molecule has 7 heteroatoms. The molecule has 0 unspecified atom stereocenters. The summed E-state index contributed by atoms with van der Waals surface area (Å²) in [4.78, 5) is 27.0. The van der Waals surface area contributed by atoms with Gasteiger partial charge in [0.25, 0.3) is 11.7 Å². The molecule has 1 fully saturated rings. The summed E-state index contributed by atoms with van der Waals surface area (Å²) < 4.78 is 24.4. The highest BCUT2D eigenvalue weighted by Gasteiger charge is 2.45. The molecule has 32 heavy (non-hydrogen) atoms. The number of hydrogen-bond acceptors (Lipinski definition) is 5. The average Bonchev–Trinajstić information content (AvgIpc) is 3.01. The number of methoxy groups -OCH3 is 1. The number of carbonyl (C=O) groups is 2. The molecule has 0 saturated carbocycles. The second kappa shape index (κ2) is 9.96. The lowest BCUT2D eigenvalue weighted by molar-refractivity contribution is -0.140. The fourth-order valence-electron chi connectivity index (χ4n) is 3.66. The topological polar surface area (TPSA) is 76.1 Å². The first-order valence-electron chi connectivity index (χ1n) is 10.5. The van der Waals surface area contributed by atoms with Gasteiger partial charge in [0.2, 0.25) is 0 Å².